The number of para-hydroxylation sites is 4. The molecule has 0 aliphatic carbocycles. The number of hydrogen-bond donors (Lipinski definition) is 0. The molecule has 0 unspecified atom stereocenters. The van der Waals surface area contributed by atoms with Gasteiger partial charge < -0.3 is 17.9 Å². The van der Waals surface area contributed by atoms with E-state index in [4.69, 9.17) is 0 Å². The third-order valence-corrected chi connectivity index (χ3v) is 13.5. The molecule has 0 radical (unpaired) electrons. The number of hydrogen-bond acceptors (Lipinski definition) is 0. The molecule has 0 saturated carbocycles. The summed E-state index contributed by atoms with van der Waals surface area (Å²) < 4.78 is 39.8. The van der Waals surface area contributed by atoms with Gasteiger partial charge in [-0.1, -0.05) is 72.8 Å². The molecule has 15 rings (SSSR count). The zero-order valence-electron chi connectivity index (χ0n) is 31.7. The minimum Gasteiger partial charge on any atom is -0.309 e. The molecule has 0 atom stereocenters. The van der Waals surface area contributed by atoms with Crippen LogP contribution in [0.15, 0.2) is 170 Å². The number of aromatic nitrogens is 4. The van der Waals surface area contributed by atoms with Crippen LogP contribution < -0.4 is 0 Å². The van der Waals surface area contributed by atoms with Crippen LogP contribution in [0.2, 0.25) is 0 Å². The molecule has 0 spiro atoms. The molecule has 0 bridgehead atoms. The van der Waals surface area contributed by atoms with E-state index in [0.29, 0.717) is 0 Å². The first-order chi connectivity index (χ1) is 29.6. The fourth-order valence-corrected chi connectivity index (χ4v) is 11.2. The van der Waals surface area contributed by atoms with Crippen molar-refractivity contribution in [1.29, 1.82) is 0 Å². The van der Waals surface area contributed by atoms with Gasteiger partial charge in [0.1, 0.15) is 11.6 Å². The topological polar surface area (TPSA) is 18.7 Å². The van der Waals surface area contributed by atoms with Crippen LogP contribution in [0.3, 0.4) is 0 Å². The van der Waals surface area contributed by atoms with Gasteiger partial charge in [-0.2, -0.15) is 0 Å². The maximum Gasteiger partial charge on any atom is 0.123 e. The summed E-state index contributed by atoms with van der Waals surface area (Å²) in [5.74, 6) is -0.522. The highest BCUT2D eigenvalue weighted by Crippen LogP contribution is 2.47. The highest BCUT2D eigenvalue weighted by Gasteiger charge is 2.25. The van der Waals surface area contributed by atoms with Crippen molar-refractivity contribution in [2.75, 3.05) is 0 Å². The Hall–Kier alpha value is -7.96. The minimum absolute atomic E-state index is 0.261. The van der Waals surface area contributed by atoms with Crippen LogP contribution >= 0.6 is 0 Å². The van der Waals surface area contributed by atoms with Crippen molar-refractivity contribution in [1.82, 2.24) is 17.9 Å². The fourth-order valence-electron chi connectivity index (χ4n) is 11.2. The van der Waals surface area contributed by atoms with Crippen LogP contribution in [0.4, 0.5) is 8.78 Å². The van der Waals surface area contributed by atoms with Gasteiger partial charge >= 0.3 is 0 Å². The van der Waals surface area contributed by atoms with Crippen LogP contribution in [-0.2, 0) is 0 Å². The fraction of sp³-hybridized carbons (Fsp3) is 0. The van der Waals surface area contributed by atoms with Gasteiger partial charge in [-0.3, -0.25) is 0 Å². The van der Waals surface area contributed by atoms with Crippen LogP contribution in [-0.4, -0.2) is 17.9 Å². The Morgan fingerprint density at radius 3 is 0.950 bits per heavy atom. The van der Waals surface area contributed by atoms with Crippen LogP contribution in [0, 0.1) is 11.6 Å². The number of nitrogens with zero attached hydrogens (tertiary/aromatic N) is 4. The molecule has 278 valence electrons. The average molecular weight is 771 g/mol. The molecule has 0 amide bonds. The normalized spacial score (nSPS) is 12.8. The van der Waals surface area contributed by atoms with Crippen LogP contribution in [0.25, 0.3) is 131 Å². The Balaban J connectivity index is 1.13. The Labute approximate surface area is 338 Å². The quantitative estimate of drug-likeness (QED) is 0.167. The molecular weight excluding hydrogens is 743 g/mol. The van der Waals surface area contributed by atoms with Gasteiger partial charge in [0, 0.05) is 76.0 Å². The third-order valence-electron chi connectivity index (χ3n) is 13.5. The lowest BCUT2D eigenvalue weighted by Gasteiger charge is -2.10. The van der Waals surface area contributed by atoms with Crippen molar-refractivity contribution in [2.24, 2.45) is 0 Å². The number of benzene rings is 9. The van der Waals surface area contributed by atoms with Gasteiger partial charge in [-0.25, -0.2) is 8.78 Å². The van der Waals surface area contributed by atoms with Crippen molar-refractivity contribution < 1.29 is 8.78 Å². The van der Waals surface area contributed by atoms with E-state index in [0.717, 1.165) is 110 Å². The standard InChI is InChI=1S/C54H28F2N4/c55-29-17-19-49-37(21-29)41-23-31(57-45-13-5-1-9-33(45)34-10-2-6-14-46(34)57)25-43-39-27-40-44-26-32(58-47-15-7-3-11-35(47)36-12-4-8-16-48(36)58)24-42-38-22-30(56)18-20-50(38)60(54(42)44)52(40)28-51(39)59(49)53(41)43/h1-28H. The van der Waals surface area contributed by atoms with E-state index in [2.05, 4.69) is 151 Å². The SMILES string of the molecule is Fc1ccc2c(c1)c1cc(-n3c4ccccc4c4ccccc43)cc3c4cc5c6cc(-n7c8ccccc8c8ccccc87)cc7c8cc(F)ccc8n(c5cc4n2c13)c76. The Bertz CT molecular complexity index is 4000. The van der Waals surface area contributed by atoms with E-state index in [1.165, 1.54) is 21.5 Å². The van der Waals surface area contributed by atoms with Crippen LogP contribution in [0.1, 0.15) is 0 Å². The van der Waals surface area contributed by atoms with Gasteiger partial charge in [0.15, 0.2) is 0 Å². The predicted octanol–water partition coefficient (Wildman–Crippen LogP) is 14.5. The monoisotopic (exact) mass is 770 g/mol. The summed E-state index contributed by atoms with van der Waals surface area (Å²) in [7, 11) is 0. The van der Waals surface area contributed by atoms with Crippen molar-refractivity contribution >= 4 is 120 Å². The summed E-state index contributed by atoms with van der Waals surface area (Å²) in [6.07, 6.45) is 0. The molecule has 0 aliphatic heterocycles. The zero-order valence-corrected chi connectivity index (χ0v) is 31.7. The Morgan fingerprint density at radius 2 is 0.583 bits per heavy atom. The first kappa shape index (κ1) is 31.1. The highest BCUT2D eigenvalue weighted by atomic mass is 19.1. The first-order valence-corrected chi connectivity index (χ1v) is 20.3. The molecule has 4 nitrogen and oxygen atoms in total. The van der Waals surface area contributed by atoms with Gasteiger partial charge in [-0.15, -0.1) is 0 Å². The Morgan fingerprint density at radius 1 is 0.250 bits per heavy atom. The summed E-state index contributed by atoms with van der Waals surface area (Å²) >= 11 is 0. The van der Waals surface area contributed by atoms with E-state index < -0.39 is 0 Å². The molecule has 0 fully saturated rings. The predicted molar refractivity (Wildman–Crippen MR) is 244 cm³/mol. The molecule has 6 aromatic heterocycles. The van der Waals surface area contributed by atoms with E-state index in [9.17, 15) is 0 Å². The molecule has 9 aromatic carbocycles. The molecule has 0 N–H and O–H groups in total. The largest absolute Gasteiger partial charge is 0.309 e. The average Bonchev–Trinajstić information content (AvgIpc) is 4.11. The van der Waals surface area contributed by atoms with E-state index in [-0.39, 0.29) is 11.6 Å². The van der Waals surface area contributed by atoms with Gasteiger partial charge in [0.05, 0.1) is 55.2 Å². The maximum absolute atomic E-state index is 15.2. The highest BCUT2D eigenvalue weighted by molar-refractivity contribution is 6.30. The molecule has 0 aliphatic rings. The third kappa shape index (κ3) is 3.63. The lowest BCUT2D eigenvalue weighted by Crippen LogP contribution is -1.93. The summed E-state index contributed by atoms with van der Waals surface area (Å²) in [6.45, 7) is 0. The summed E-state index contributed by atoms with van der Waals surface area (Å²) in [5.41, 5.74) is 12.7. The lowest BCUT2D eigenvalue weighted by molar-refractivity contribution is 0.629. The molecular formula is C54H28F2N4. The molecule has 60 heavy (non-hydrogen) atoms. The van der Waals surface area contributed by atoms with Gasteiger partial charge in [-0.05, 0) is 97.1 Å². The number of halogens is 2. The van der Waals surface area contributed by atoms with E-state index in [1.807, 2.05) is 12.1 Å². The van der Waals surface area contributed by atoms with Crippen molar-refractivity contribution in [3.05, 3.63) is 181 Å². The first-order valence-electron chi connectivity index (χ1n) is 20.3. The van der Waals surface area contributed by atoms with Crippen molar-refractivity contribution in [3.63, 3.8) is 0 Å². The summed E-state index contributed by atoms with van der Waals surface area (Å²) in [4.78, 5) is 0. The van der Waals surface area contributed by atoms with Crippen molar-refractivity contribution in [2.45, 2.75) is 0 Å². The van der Waals surface area contributed by atoms with Crippen molar-refractivity contribution in [3.8, 4) is 11.4 Å². The molecule has 6 heteroatoms. The zero-order chi connectivity index (χ0) is 39.1. The van der Waals surface area contributed by atoms with Crippen LogP contribution in [0.5, 0.6) is 0 Å². The van der Waals surface area contributed by atoms with Gasteiger partial charge in [0.2, 0.25) is 0 Å². The van der Waals surface area contributed by atoms with E-state index in [1.54, 1.807) is 24.3 Å². The summed E-state index contributed by atoms with van der Waals surface area (Å²) in [5, 5.41) is 13.0. The molecule has 6 heterocycles. The van der Waals surface area contributed by atoms with Gasteiger partial charge in [0.25, 0.3) is 0 Å². The summed E-state index contributed by atoms with van der Waals surface area (Å²) in [6, 6.07) is 58.3. The smallest absolute Gasteiger partial charge is 0.123 e. The second kappa shape index (κ2) is 10.6. The molecule has 0 saturated heterocycles. The molecule has 15 aromatic rings. The maximum atomic E-state index is 15.2. The second-order valence-electron chi connectivity index (χ2n) is 16.4. The number of rotatable bonds is 2. The Kier molecular flexibility index (Phi) is 5.47. The minimum atomic E-state index is -0.261. The lowest BCUT2D eigenvalue weighted by atomic mass is 10.0. The number of fused-ring (bicyclic) bond motifs is 18. The second-order valence-corrected chi connectivity index (χ2v) is 16.4. The van der Waals surface area contributed by atoms with E-state index >= 15 is 8.78 Å².